The van der Waals surface area contributed by atoms with Crippen molar-refractivity contribution in [1.29, 1.82) is 0 Å². The fourth-order valence-corrected chi connectivity index (χ4v) is 3.52. The summed E-state index contributed by atoms with van der Waals surface area (Å²) in [6.45, 7) is 2.02. The van der Waals surface area contributed by atoms with Crippen molar-refractivity contribution in [1.82, 2.24) is 4.90 Å². The van der Waals surface area contributed by atoms with Gasteiger partial charge in [0.05, 0.1) is 6.10 Å². The molecule has 0 aliphatic carbocycles. The Kier molecular flexibility index (Phi) is 3.12. The lowest BCUT2D eigenvalue weighted by Gasteiger charge is -2.45. The van der Waals surface area contributed by atoms with E-state index in [0.717, 1.165) is 41.7 Å². The highest BCUT2D eigenvalue weighted by atomic mass is 79.9. The molecule has 0 radical (unpaired) electrons. The second kappa shape index (κ2) is 4.51. The number of likely N-dealkylation sites (N-methyl/N-ethyl adjacent to an activating group) is 1. The SMILES string of the molecule is CN1CCCC2(CC(O)c3ccc(Br)cc3O2)C1. The van der Waals surface area contributed by atoms with Gasteiger partial charge in [-0.15, -0.1) is 0 Å². The lowest BCUT2D eigenvalue weighted by atomic mass is 9.83. The van der Waals surface area contributed by atoms with Gasteiger partial charge in [-0.1, -0.05) is 22.0 Å². The standard InChI is InChI=1S/C14H18BrNO2/c1-16-6-2-5-14(9-16)8-12(17)11-4-3-10(15)7-13(11)18-14/h3-4,7,12,17H,2,5-6,8-9H2,1H3. The number of benzene rings is 1. The Labute approximate surface area is 116 Å². The van der Waals surface area contributed by atoms with E-state index in [9.17, 15) is 5.11 Å². The van der Waals surface area contributed by atoms with Crippen molar-refractivity contribution in [3.8, 4) is 5.75 Å². The van der Waals surface area contributed by atoms with Gasteiger partial charge in [-0.3, -0.25) is 0 Å². The lowest BCUT2D eigenvalue weighted by Crippen LogP contribution is -2.52. The van der Waals surface area contributed by atoms with Crippen molar-refractivity contribution in [3.63, 3.8) is 0 Å². The summed E-state index contributed by atoms with van der Waals surface area (Å²) in [7, 11) is 2.12. The lowest BCUT2D eigenvalue weighted by molar-refractivity contribution is -0.0554. The van der Waals surface area contributed by atoms with Crippen molar-refractivity contribution in [3.05, 3.63) is 28.2 Å². The van der Waals surface area contributed by atoms with Gasteiger partial charge in [-0.2, -0.15) is 0 Å². The van der Waals surface area contributed by atoms with Crippen LogP contribution in [0.3, 0.4) is 0 Å². The summed E-state index contributed by atoms with van der Waals surface area (Å²) in [6, 6.07) is 5.87. The van der Waals surface area contributed by atoms with Crippen molar-refractivity contribution >= 4 is 15.9 Å². The largest absolute Gasteiger partial charge is 0.485 e. The van der Waals surface area contributed by atoms with Gasteiger partial charge in [0, 0.05) is 23.0 Å². The number of fused-ring (bicyclic) bond motifs is 1. The van der Waals surface area contributed by atoms with E-state index in [1.807, 2.05) is 18.2 Å². The number of halogens is 1. The summed E-state index contributed by atoms with van der Waals surface area (Å²) < 4.78 is 7.25. The zero-order valence-electron chi connectivity index (χ0n) is 10.5. The molecule has 3 rings (SSSR count). The van der Waals surface area contributed by atoms with Crippen molar-refractivity contribution in [2.24, 2.45) is 0 Å². The summed E-state index contributed by atoms with van der Waals surface area (Å²) >= 11 is 3.46. The van der Waals surface area contributed by atoms with Crippen LogP contribution in [0.4, 0.5) is 0 Å². The molecule has 0 amide bonds. The fourth-order valence-electron chi connectivity index (χ4n) is 3.18. The minimum Gasteiger partial charge on any atom is -0.485 e. The normalized spacial score (nSPS) is 32.1. The number of hydrogen-bond donors (Lipinski definition) is 1. The van der Waals surface area contributed by atoms with Crippen LogP contribution in [0.2, 0.25) is 0 Å². The molecule has 2 atom stereocenters. The molecule has 0 bridgehead atoms. The molecule has 1 spiro atoms. The van der Waals surface area contributed by atoms with Gasteiger partial charge in [0.2, 0.25) is 0 Å². The van der Waals surface area contributed by atoms with E-state index in [1.54, 1.807) is 0 Å². The van der Waals surface area contributed by atoms with Crippen molar-refractivity contribution in [2.45, 2.75) is 31.0 Å². The smallest absolute Gasteiger partial charge is 0.127 e. The Morgan fingerprint density at radius 1 is 1.50 bits per heavy atom. The zero-order valence-corrected chi connectivity index (χ0v) is 12.1. The average molecular weight is 312 g/mol. The third-order valence-corrected chi connectivity index (χ3v) is 4.45. The minimum atomic E-state index is -0.409. The Balaban J connectivity index is 1.94. The second-order valence-electron chi connectivity index (χ2n) is 5.53. The predicted molar refractivity (Wildman–Crippen MR) is 73.8 cm³/mol. The molecule has 4 heteroatoms. The number of piperidine rings is 1. The van der Waals surface area contributed by atoms with Gasteiger partial charge >= 0.3 is 0 Å². The maximum Gasteiger partial charge on any atom is 0.127 e. The highest BCUT2D eigenvalue weighted by molar-refractivity contribution is 9.10. The van der Waals surface area contributed by atoms with E-state index >= 15 is 0 Å². The van der Waals surface area contributed by atoms with E-state index in [2.05, 4.69) is 27.9 Å². The summed E-state index contributed by atoms with van der Waals surface area (Å²) in [5, 5.41) is 10.3. The number of aliphatic hydroxyl groups excluding tert-OH is 1. The van der Waals surface area contributed by atoms with Crippen LogP contribution in [0.15, 0.2) is 22.7 Å². The summed E-state index contributed by atoms with van der Waals surface area (Å²) in [5.74, 6) is 0.832. The van der Waals surface area contributed by atoms with Gasteiger partial charge < -0.3 is 14.7 Å². The number of aliphatic hydroxyl groups is 1. The Bertz CT molecular complexity index is 465. The molecule has 1 fully saturated rings. The van der Waals surface area contributed by atoms with E-state index in [4.69, 9.17) is 4.74 Å². The van der Waals surface area contributed by atoms with Crippen LogP contribution in [0.1, 0.15) is 30.9 Å². The van der Waals surface area contributed by atoms with Crippen LogP contribution < -0.4 is 4.74 Å². The fraction of sp³-hybridized carbons (Fsp3) is 0.571. The molecule has 0 saturated carbocycles. The Morgan fingerprint density at radius 3 is 3.11 bits per heavy atom. The van der Waals surface area contributed by atoms with E-state index in [1.165, 1.54) is 0 Å². The monoisotopic (exact) mass is 311 g/mol. The molecule has 1 aromatic carbocycles. The number of nitrogens with zero attached hydrogens (tertiary/aromatic N) is 1. The number of hydrogen-bond acceptors (Lipinski definition) is 3. The molecule has 98 valence electrons. The molecular weight excluding hydrogens is 294 g/mol. The van der Waals surface area contributed by atoms with E-state index in [0.29, 0.717) is 6.42 Å². The van der Waals surface area contributed by atoms with Gasteiger partial charge in [0.1, 0.15) is 11.4 Å². The maximum atomic E-state index is 10.3. The van der Waals surface area contributed by atoms with Crippen molar-refractivity contribution in [2.75, 3.05) is 20.1 Å². The first-order valence-corrected chi connectivity index (χ1v) is 7.22. The van der Waals surface area contributed by atoms with Crippen LogP contribution in [0, 0.1) is 0 Å². The highest BCUT2D eigenvalue weighted by Crippen LogP contribution is 2.44. The van der Waals surface area contributed by atoms with Crippen LogP contribution in [0.5, 0.6) is 5.75 Å². The average Bonchev–Trinajstić information content (AvgIpc) is 2.27. The first kappa shape index (κ1) is 12.5. The van der Waals surface area contributed by atoms with Gasteiger partial charge in [-0.05, 0) is 38.6 Å². The molecule has 1 N–H and O–H groups in total. The summed E-state index contributed by atoms with van der Waals surface area (Å²) in [5.41, 5.74) is 0.706. The third kappa shape index (κ3) is 2.17. The van der Waals surface area contributed by atoms with Gasteiger partial charge in [-0.25, -0.2) is 0 Å². The molecule has 2 aliphatic heterocycles. The van der Waals surface area contributed by atoms with Crippen LogP contribution in [0.25, 0.3) is 0 Å². The predicted octanol–water partition coefficient (Wildman–Crippen LogP) is 2.73. The second-order valence-corrected chi connectivity index (χ2v) is 6.44. The molecule has 18 heavy (non-hydrogen) atoms. The van der Waals surface area contributed by atoms with Gasteiger partial charge in [0.15, 0.2) is 0 Å². The molecule has 3 nitrogen and oxygen atoms in total. The zero-order chi connectivity index (χ0) is 12.8. The van der Waals surface area contributed by atoms with Crippen LogP contribution >= 0.6 is 15.9 Å². The van der Waals surface area contributed by atoms with Crippen LogP contribution in [-0.2, 0) is 0 Å². The third-order valence-electron chi connectivity index (χ3n) is 3.96. The summed E-state index contributed by atoms with van der Waals surface area (Å²) in [6.07, 6.45) is 2.45. The first-order chi connectivity index (χ1) is 8.58. The van der Waals surface area contributed by atoms with Crippen LogP contribution in [-0.4, -0.2) is 35.7 Å². The first-order valence-electron chi connectivity index (χ1n) is 6.43. The molecule has 0 aromatic heterocycles. The van der Waals surface area contributed by atoms with Crippen molar-refractivity contribution < 1.29 is 9.84 Å². The molecule has 1 saturated heterocycles. The maximum absolute atomic E-state index is 10.3. The molecule has 2 aliphatic rings. The topological polar surface area (TPSA) is 32.7 Å². The quantitative estimate of drug-likeness (QED) is 0.799. The molecular formula is C14H18BrNO2. The number of rotatable bonds is 0. The van der Waals surface area contributed by atoms with Gasteiger partial charge in [0.25, 0.3) is 0 Å². The minimum absolute atomic E-state index is 0.208. The van der Waals surface area contributed by atoms with E-state index < -0.39 is 6.10 Å². The molecule has 1 aromatic rings. The Hall–Kier alpha value is -0.580. The highest BCUT2D eigenvalue weighted by Gasteiger charge is 2.42. The molecule has 2 unspecified atom stereocenters. The Morgan fingerprint density at radius 2 is 2.33 bits per heavy atom. The van der Waals surface area contributed by atoms with E-state index in [-0.39, 0.29) is 5.60 Å². The number of ether oxygens (including phenoxy) is 1. The summed E-state index contributed by atoms with van der Waals surface area (Å²) in [4.78, 5) is 2.29. The number of likely N-dealkylation sites (tertiary alicyclic amines) is 1. The molecule has 2 heterocycles.